The highest BCUT2D eigenvalue weighted by Gasteiger charge is 2.27. The zero-order valence-corrected chi connectivity index (χ0v) is 13.3. The van der Waals surface area contributed by atoms with Gasteiger partial charge in [0.05, 0.1) is 12.3 Å². The fourth-order valence-corrected chi connectivity index (χ4v) is 3.07. The largest absolute Gasteiger partial charge is 0.468 e. The van der Waals surface area contributed by atoms with Crippen LogP contribution in [-0.2, 0) is 9.59 Å². The van der Waals surface area contributed by atoms with Crippen molar-refractivity contribution in [2.24, 2.45) is 5.10 Å². The summed E-state index contributed by atoms with van der Waals surface area (Å²) in [6, 6.07) is 3.85. The summed E-state index contributed by atoms with van der Waals surface area (Å²) in [5.74, 6) is 0.595. The van der Waals surface area contributed by atoms with E-state index >= 15 is 0 Å². The summed E-state index contributed by atoms with van der Waals surface area (Å²) in [5.41, 5.74) is 0.409. The summed E-state index contributed by atoms with van der Waals surface area (Å²) >= 11 is 0. The molecule has 0 aromatic carbocycles. The lowest BCUT2D eigenvalue weighted by atomic mass is 10.1. The lowest BCUT2D eigenvalue weighted by Crippen LogP contribution is -2.41. The number of hydrogen-bond acceptors (Lipinski definition) is 5. The van der Waals surface area contributed by atoms with Gasteiger partial charge in [-0.05, 0) is 38.1 Å². The Kier molecular flexibility index (Phi) is 4.76. The van der Waals surface area contributed by atoms with E-state index in [1.807, 2.05) is 12.1 Å². The molecular formula is C16H22N4O3. The van der Waals surface area contributed by atoms with Crippen LogP contribution in [0, 0.1) is 0 Å². The number of nitrogens with zero attached hydrogens (tertiary/aromatic N) is 3. The fourth-order valence-electron chi connectivity index (χ4n) is 3.07. The fraction of sp³-hybridized carbons (Fsp3) is 0.562. The summed E-state index contributed by atoms with van der Waals surface area (Å²) in [4.78, 5) is 26.1. The highest BCUT2D eigenvalue weighted by Crippen LogP contribution is 2.24. The topological polar surface area (TPSA) is 78.2 Å². The van der Waals surface area contributed by atoms with E-state index in [0.717, 1.165) is 18.8 Å². The number of carbonyl (C=O) groups is 2. The Morgan fingerprint density at radius 3 is 2.83 bits per heavy atom. The van der Waals surface area contributed by atoms with E-state index in [-0.39, 0.29) is 17.9 Å². The molecular weight excluding hydrogens is 296 g/mol. The van der Waals surface area contributed by atoms with Crippen LogP contribution in [0.15, 0.2) is 27.9 Å². The Morgan fingerprint density at radius 2 is 2.17 bits per heavy atom. The Bertz CT molecular complexity index is 590. The van der Waals surface area contributed by atoms with Gasteiger partial charge in [0.1, 0.15) is 11.5 Å². The molecule has 0 radical (unpaired) electrons. The second-order valence-electron chi connectivity index (χ2n) is 5.95. The van der Waals surface area contributed by atoms with Gasteiger partial charge in [0.15, 0.2) is 0 Å². The van der Waals surface area contributed by atoms with Gasteiger partial charge in [-0.15, -0.1) is 0 Å². The average molecular weight is 318 g/mol. The molecule has 23 heavy (non-hydrogen) atoms. The van der Waals surface area contributed by atoms with Crippen molar-refractivity contribution in [3.8, 4) is 0 Å². The van der Waals surface area contributed by atoms with Gasteiger partial charge < -0.3 is 9.73 Å². The van der Waals surface area contributed by atoms with Crippen LogP contribution in [0.3, 0.4) is 0 Å². The van der Waals surface area contributed by atoms with Crippen molar-refractivity contribution in [3.63, 3.8) is 0 Å². The highest BCUT2D eigenvalue weighted by molar-refractivity contribution is 6.39. The molecule has 1 aromatic heterocycles. The Morgan fingerprint density at radius 1 is 1.39 bits per heavy atom. The minimum atomic E-state index is -0.208. The highest BCUT2D eigenvalue weighted by atomic mass is 16.3. The molecule has 1 atom stereocenters. The van der Waals surface area contributed by atoms with Crippen molar-refractivity contribution in [1.82, 2.24) is 15.2 Å². The summed E-state index contributed by atoms with van der Waals surface area (Å²) in [5, 5.41) is 8.24. The van der Waals surface area contributed by atoms with Gasteiger partial charge in [-0.3, -0.25) is 14.5 Å². The van der Waals surface area contributed by atoms with Crippen molar-refractivity contribution in [2.75, 3.05) is 26.7 Å². The number of likely N-dealkylation sites (tertiary alicyclic amines) is 1. The molecule has 124 valence electrons. The van der Waals surface area contributed by atoms with Gasteiger partial charge >= 0.3 is 0 Å². The first kappa shape index (κ1) is 15.7. The van der Waals surface area contributed by atoms with Gasteiger partial charge in [-0.25, -0.2) is 5.01 Å². The maximum atomic E-state index is 12.3. The second kappa shape index (κ2) is 6.95. The van der Waals surface area contributed by atoms with Crippen LogP contribution in [0.1, 0.15) is 37.5 Å². The van der Waals surface area contributed by atoms with Crippen molar-refractivity contribution in [3.05, 3.63) is 24.2 Å². The maximum Gasteiger partial charge on any atom is 0.267 e. The number of hydrazone groups is 1. The first-order valence-corrected chi connectivity index (χ1v) is 8.05. The van der Waals surface area contributed by atoms with Crippen molar-refractivity contribution in [2.45, 2.75) is 31.7 Å². The molecule has 7 heteroatoms. The monoisotopic (exact) mass is 318 g/mol. The molecule has 0 bridgehead atoms. The lowest BCUT2D eigenvalue weighted by molar-refractivity contribution is -0.130. The van der Waals surface area contributed by atoms with E-state index in [1.54, 1.807) is 13.3 Å². The SMILES string of the molecule is CN1N=C(C(=O)NC[C@@H](c2ccco2)N2CCCC2)CCC1=O. The molecule has 0 unspecified atom stereocenters. The molecule has 2 aliphatic heterocycles. The van der Waals surface area contributed by atoms with E-state index in [2.05, 4.69) is 15.3 Å². The molecule has 3 heterocycles. The number of carbonyl (C=O) groups excluding carboxylic acids is 2. The minimum absolute atomic E-state index is 0.0417. The molecule has 1 fully saturated rings. The molecule has 0 saturated carbocycles. The summed E-state index contributed by atoms with van der Waals surface area (Å²) < 4.78 is 5.54. The second-order valence-corrected chi connectivity index (χ2v) is 5.95. The van der Waals surface area contributed by atoms with Crippen LogP contribution in [0.5, 0.6) is 0 Å². The van der Waals surface area contributed by atoms with Crippen molar-refractivity contribution in [1.29, 1.82) is 0 Å². The quantitative estimate of drug-likeness (QED) is 0.883. The van der Waals surface area contributed by atoms with E-state index in [1.165, 1.54) is 17.9 Å². The van der Waals surface area contributed by atoms with Crippen molar-refractivity contribution < 1.29 is 14.0 Å². The number of hydrogen-bond donors (Lipinski definition) is 1. The first-order chi connectivity index (χ1) is 11.1. The third kappa shape index (κ3) is 3.61. The van der Waals surface area contributed by atoms with Crippen LogP contribution in [0.2, 0.25) is 0 Å². The van der Waals surface area contributed by atoms with Crippen LogP contribution in [0.25, 0.3) is 0 Å². The van der Waals surface area contributed by atoms with Gasteiger partial charge in [0, 0.05) is 26.4 Å². The molecule has 0 spiro atoms. The number of nitrogens with one attached hydrogen (secondary N) is 1. The zero-order valence-electron chi connectivity index (χ0n) is 13.3. The maximum absolute atomic E-state index is 12.3. The first-order valence-electron chi connectivity index (χ1n) is 8.05. The van der Waals surface area contributed by atoms with E-state index in [0.29, 0.717) is 25.1 Å². The molecule has 1 N–H and O–H groups in total. The van der Waals surface area contributed by atoms with E-state index in [4.69, 9.17) is 4.42 Å². The third-order valence-electron chi connectivity index (χ3n) is 4.38. The summed E-state index contributed by atoms with van der Waals surface area (Å²) in [6.07, 6.45) is 4.72. The molecule has 1 saturated heterocycles. The Labute approximate surface area is 135 Å². The lowest BCUT2D eigenvalue weighted by Gasteiger charge is -2.26. The summed E-state index contributed by atoms with van der Waals surface area (Å²) in [6.45, 7) is 2.50. The number of amides is 2. The molecule has 3 rings (SSSR count). The molecule has 7 nitrogen and oxygen atoms in total. The van der Waals surface area contributed by atoms with Crippen LogP contribution < -0.4 is 5.32 Å². The van der Waals surface area contributed by atoms with Crippen LogP contribution in [0.4, 0.5) is 0 Å². The van der Waals surface area contributed by atoms with Gasteiger partial charge in [-0.2, -0.15) is 5.10 Å². The van der Waals surface area contributed by atoms with Gasteiger partial charge in [-0.1, -0.05) is 0 Å². The molecule has 2 amide bonds. The number of furan rings is 1. The standard InChI is InChI=1S/C16H22N4O3/c1-19-15(21)7-6-12(18-19)16(22)17-11-13(14-5-4-10-23-14)20-8-2-3-9-20/h4-5,10,13H,2-3,6-9,11H2,1H3,(H,17,22)/t13-/m0/s1. The van der Waals surface area contributed by atoms with Crippen LogP contribution in [-0.4, -0.2) is 54.1 Å². The van der Waals surface area contributed by atoms with Crippen LogP contribution >= 0.6 is 0 Å². The van der Waals surface area contributed by atoms with Gasteiger partial charge in [0.2, 0.25) is 5.91 Å². The Hall–Kier alpha value is -2.15. The predicted octanol–water partition coefficient (Wildman–Crippen LogP) is 1.14. The molecule has 1 aromatic rings. The third-order valence-corrected chi connectivity index (χ3v) is 4.38. The molecule has 0 aliphatic carbocycles. The molecule has 2 aliphatic rings. The van der Waals surface area contributed by atoms with E-state index in [9.17, 15) is 9.59 Å². The predicted molar refractivity (Wildman–Crippen MR) is 84.7 cm³/mol. The van der Waals surface area contributed by atoms with E-state index < -0.39 is 0 Å². The average Bonchev–Trinajstić information content (AvgIpc) is 3.24. The normalized spacial score (nSPS) is 20.5. The summed E-state index contributed by atoms with van der Waals surface area (Å²) in [7, 11) is 1.57. The zero-order chi connectivity index (χ0) is 16.2. The Balaban J connectivity index is 1.63. The number of rotatable bonds is 5. The smallest absolute Gasteiger partial charge is 0.267 e. The van der Waals surface area contributed by atoms with Gasteiger partial charge in [0.25, 0.3) is 5.91 Å². The minimum Gasteiger partial charge on any atom is -0.468 e. The van der Waals surface area contributed by atoms with Crippen molar-refractivity contribution >= 4 is 17.5 Å².